The zero-order valence-corrected chi connectivity index (χ0v) is 19.9. The van der Waals surface area contributed by atoms with Gasteiger partial charge in [-0.3, -0.25) is 4.79 Å². The zero-order chi connectivity index (χ0) is 25.2. The maximum atomic E-state index is 14.1. The first kappa shape index (κ1) is 24.4. The summed E-state index contributed by atoms with van der Waals surface area (Å²) in [7, 11) is 0. The number of halogens is 3. The van der Waals surface area contributed by atoms with E-state index < -0.39 is 11.7 Å². The van der Waals surface area contributed by atoms with Gasteiger partial charge in [0.25, 0.3) is 5.56 Å². The highest BCUT2D eigenvalue weighted by Gasteiger charge is 2.34. The molecule has 0 fully saturated rings. The van der Waals surface area contributed by atoms with Gasteiger partial charge in [-0.1, -0.05) is 48.0 Å². The monoisotopic (exact) mass is 493 g/mol. The van der Waals surface area contributed by atoms with E-state index in [4.69, 9.17) is 6.42 Å². The van der Waals surface area contributed by atoms with Crippen molar-refractivity contribution in [2.45, 2.75) is 36.4 Å². The summed E-state index contributed by atoms with van der Waals surface area (Å²) in [5, 5.41) is 0.392. The third kappa shape index (κ3) is 5.36. The molecule has 0 saturated heterocycles. The Bertz CT molecular complexity index is 1490. The van der Waals surface area contributed by atoms with Crippen molar-refractivity contribution in [2.24, 2.45) is 0 Å². The first-order valence-corrected chi connectivity index (χ1v) is 11.6. The molecule has 35 heavy (non-hydrogen) atoms. The molecule has 1 N–H and O–H groups in total. The summed E-state index contributed by atoms with van der Waals surface area (Å²) in [5.74, 6) is 3.00. The number of terminal acetylenes is 1. The number of alkyl halides is 3. The van der Waals surface area contributed by atoms with E-state index in [1.807, 2.05) is 19.1 Å². The summed E-state index contributed by atoms with van der Waals surface area (Å²) in [4.78, 5) is 22.2. The van der Waals surface area contributed by atoms with E-state index >= 15 is 0 Å². The number of aromatic amines is 1. The van der Waals surface area contributed by atoms with Crippen molar-refractivity contribution < 1.29 is 13.2 Å². The molecule has 0 unspecified atom stereocenters. The van der Waals surface area contributed by atoms with Crippen LogP contribution in [0.2, 0.25) is 0 Å². The predicted octanol–water partition coefficient (Wildman–Crippen LogP) is 6.35. The van der Waals surface area contributed by atoms with Gasteiger partial charge in [0.1, 0.15) is 5.82 Å². The van der Waals surface area contributed by atoms with E-state index in [1.165, 1.54) is 6.07 Å². The summed E-state index contributed by atoms with van der Waals surface area (Å²) in [6.45, 7) is 3.76. The summed E-state index contributed by atoms with van der Waals surface area (Å²) >= 11 is 1.08. The standard InChI is InChI=1S/C27H22F3N3OS/c1-4-14-33(16-19-9-7-10-22-25(19)26(34)32-18(3)31-22)20-12-13-24(21(15-20)27(28,29)30)35-23-11-6-5-8-17(23)2/h1,5-13,15H,14,16H2,2-3H3,(H,31,32,34). The number of aromatic nitrogens is 2. The molecule has 0 spiro atoms. The molecule has 0 radical (unpaired) electrons. The quantitative estimate of drug-likeness (QED) is 0.318. The summed E-state index contributed by atoms with van der Waals surface area (Å²) in [5.41, 5.74) is 1.32. The van der Waals surface area contributed by atoms with Crippen molar-refractivity contribution in [1.29, 1.82) is 0 Å². The fourth-order valence-corrected chi connectivity index (χ4v) is 4.91. The molecule has 0 saturated carbocycles. The Morgan fingerprint density at radius 3 is 2.54 bits per heavy atom. The number of hydrogen-bond acceptors (Lipinski definition) is 4. The molecule has 0 amide bonds. The normalized spacial score (nSPS) is 11.4. The predicted molar refractivity (Wildman–Crippen MR) is 134 cm³/mol. The van der Waals surface area contributed by atoms with Crippen molar-refractivity contribution in [3.05, 3.63) is 93.5 Å². The minimum absolute atomic E-state index is 0.0646. The van der Waals surface area contributed by atoms with E-state index in [0.717, 1.165) is 28.3 Å². The lowest BCUT2D eigenvalue weighted by Crippen LogP contribution is -2.25. The van der Waals surface area contributed by atoms with Crippen LogP contribution in [0.3, 0.4) is 0 Å². The lowest BCUT2D eigenvalue weighted by Gasteiger charge is -2.25. The molecule has 4 aromatic rings. The molecular weight excluding hydrogens is 471 g/mol. The highest BCUT2D eigenvalue weighted by atomic mass is 32.2. The molecule has 0 atom stereocenters. The zero-order valence-electron chi connectivity index (χ0n) is 19.1. The minimum atomic E-state index is -4.55. The molecule has 0 aliphatic heterocycles. The lowest BCUT2D eigenvalue weighted by molar-refractivity contribution is -0.139. The molecule has 1 heterocycles. The van der Waals surface area contributed by atoms with Crippen LogP contribution >= 0.6 is 11.8 Å². The second kappa shape index (κ2) is 9.88. The Morgan fingerprint density at radius 2 is 1.83 bits per heavy atom. The average Bonchev–Trinajstić information content (AvgIpc) is 2.79. The number of H-pyrrole nitrogens is 1. The van der Waals surface area contributed by atoms with E-state index in [1.54, 1.807) is 48.2 Å². The van der Waals surface area contributed by atoms with Crippen LogP contribution in [0.1, 0.15) is 22.5 Å². The number of anilines is 1. The highest BCUT2D eigenvalue weighted by molar-refractivity contribution is 7.99. The Balaban J connectivity index is 1.76. The van der Waals surface area contributed by atoms with Gasteiger partial charge in [-0.15, -0.1) is 6.42 Å². The second-order valence-corrected chi connectivity index (χ2v) is 9.15. The maximum Gasteiger partial charge on any atom is 0.417 e. The van der Waals surface area contributed by atoms with Gasteiger partial charge in [0.15, 0.2) is 0 Å². The first-order valence-electron chi connectivity index (χ1n) is 10.8. The van der Waals surface area contributed by atoms with Gasteiger partial charge >= 0.3 is 6.18 Å². The van der Waals surface area contributed by atoms with Gasteiger partial charge in [0.2, 0.25) is 0 Å². The van der Waals surface area contributed by atoms with Gasteiger partial charge in [-0.05, 0) is 55.3 Å². The van der Waals surface area contributed by atoms with Crippen LogP contribution in [0.25, 0.3) is 10.9 Å². The molecule has 1 aromatic heterocycles. The number of nitrogens with one attached hydrogen (secondary N) is 1. The molecule has 0 bridgehead atoms. The third-order valence-electron chi connectivity index (χ3n) is 5.53. The molecule has 4 nitrogen and oxygen atoms in total. The Morgan fingerprint density at radius 1 is 1.06 bits per heavy atom. The molecule has 0 aliphatic carbocycles. The van der Waals surface area contributed by atoms with E-state index in [2.05, 4.69) is 15.9 Å². The Kier molecular flexibility index (Phi) is 6.90. The summed E-state index contributed by atoms with van der Waals surface area (Å²) < 4.78 is 42.2. The van der Waals surface area contributed by atoms with Crippen molar-refractivity contribution in [1.82, 2.24) is 9.97 Å². The number of aryl methyl sites for hydroxylation is 2. The van der Waals surface area contributed by atoms with Crippen molar-refractivity contribution in [3.63, 3.8) is 0 Å². The minimum Gasteiger partial charge on any atom is -0.356 e. The van der Waals surface area contributed by atoms with Gasteiger partial charge in [0.05, 0.1) is 23.0 Å². The largest absolute Gasteiger partial charge is 0.417 e. The summed E-state index contributed by atoms with van der Waals surface area (Å²) in [6, 6.07) is 16.8. The lowest BCUT2D eigenvalue weighted by atomic mass is 10.1. The average molecular weight is 494 g/mol. The first-order chi connectivity index (χ1) is 16.7. The topological polar surface area (TPSA) is 49.0 Å². The number of fused-ring (bicyclic) bond motifs is 1. The van der Waals surface area contributed by atoms with E-state index in [9.17, 15) is 18.0 Å². The Labute approximate surface area is 205 Å². The van der Waals surface area contributed by atoms with Crippen LogP contribution in [-0.4, -0.2) is 16.5 Å². The number of benzene rings is 3. The smallest absolute Gasteiger partial charge is 0.356 e. The van der Waals surface area contributed by atoms with Crippen LogP contribution in [0.4, 0.5) is 18.9 Å². The molecule has 178 valence electrons. The number of hydrogen-bond donors (Lipinski definition) is 1. The second-order valence-electron chi connectivity index (χ2n) is 8.07. The van der Waals surface area contributed by atoms with Gasteiger partial charge < -0.3 is 9.88 Å². The molecule has 4 rings (SSSR count). The van der Waals surface area contributed by atoms with Gasteiger partial charge in [-0.2, -0.15) is 13.2 Å². The van der Waals surface area contributed by atoms with Crippen molar-refractivity contribution in [3.8, 4) is 12.3 Å². The van der Waals surface area contributed by atoms with Crippen LogP contribution in [-0.2, 0) is 12.7 Å². The molecular formula is C27H22F3N3OS. The number of nitrogens with zero attached hydrogens (tertiary/aromatic N) is 2. The maximum absolute atomic E-state index is 14.1. The van der Waals surface area contributed by atoms with Crippen molar-refractivity contribution >= 4 is 28.4 Å². The van der Waals surface area contributed by atoms with E-state index in [0.29, 0.717) is 28.0 Å². The van der Waals surface area contributed by atoms with Crippen LogP contribution < -0.4 is 10.5 Å². The molecule has 0 aliphatic rings. The van der Waals surface area contributed by atoms with Crippen molar-refractivity contribution in [2.75, 3.05) is 11.4 Å². The molecule has 8 heteroatoms. The molecule has 3 aromatic carbocycles. The van der Waals surface area contributed by atoms with Crippen LogP contribution in [0.15, 0.2) is 75.2 Å². The third-order valence-corrected chi connectivity index (χ3v) is 6.78. The highest BCUT2D eigenvalue weighted by Crippen LogP contribution is 2.42. The van der Waals surface area contributed by atoms with Crippen LogP contribution in [0, 0.1) is 26.2 Å². The fraction of sp³-hybridized carbons (Fsp3) is 0.185. The summed E-state index contributed by atoms with van der Waals surface area (Å²) in [6.07, 6.45) is 1.00. The Hall–Kier alpha value is -3.70. The van der Waals surface area contributed by atoms with E-state index in [-0.39, 0.29) is 23.5 Å². The van der Waals surface area contributed by atoms with Gasteiger partial charge in [-0.25, -0.2) is 4.98 Å². The van der Waals surface area contributed by atoms with Gasteiger partial charge in [0, 0.05) is 22.0 Å². The SMILES string of the molecule is C#CCN(Cc1cccc2nc(C)[nH]c(=O)c12)c1ccc(Sc2ccccc2C)c(C(F)(F)F)c1. The van der Waals surface area contributed by atoms with Crippen LogP contribution in [0.5, 0.6) is 0 Å². The number of rotatable bonds is 6. The fourth-order valence-electron chi connectivity index (χ4n) is 3.88.